The predicted octanol–water partition coefficient (Wildman–Crippen LogP) is 3.34. The second kappa shape index (κ2) is 6.83. The van der Waals surface area contributed by atoms with Gasteiger partial charge in [-0.3, -0.25) is 11.3 Å². The van der Waals surface area contributed by atoms with Crippen molar-refractivity contribution in [3.8, 4) is 5.75 Å². The standard InChI is InChI=1S/C15H16BrFN2O/c1-20-12-4-2-3-10(7-12)8-15(19-18)13-9-11(17)5-6-14(13)16/h2-7,9,15,19H,8,18H2,1H3. The lowest BCUT2D eigenvalue weighted by Gasteiger charge is -2.18. The monoisotopic (exact) mass is 338 g/mol. The van der Waals surface area contributed by atoms with Crippen molar-refractivity contribution in [1.82, 2.24) is 5.43 Å². The first kappa shape index (κ1) is 15.0. The van der Waals surface area contributed by atoms with Crippen LogP contribution >= 0.6 is 15.9 Å². The Morgan fingerprint density at radius 1 is 1.30 bits per heavy atom. The van der Waals surface area contributed by atoms with Crippen molar-refractivity contribution in [1.29, 1.82) is 0 Å². The van der Waals surface area contributed by atoms with Gasteiger partial charge >= 0.3 is 0 Å². The Hall–Kier alpha value is -1.43. The lowest BCUT2D eigenvalue weighted by atomic mass is 9.99. The number of hydrogen-bond acceptors (Lipinski definition) is 3. The van der Waals surface area contributed by atoms with Crippen LogP contribution in [-0.2, 0) is 6.42 Å². The number of hydrazine groups is 1. The fourth-order valence-electron chi connectivity index (χ4n) is 2.08. The summed E-state index contributed by atoms with van der Waals surface area (Å²) in [6, 6.07) is 12.1. The van der Waals surface area contributed by atoms with Crippen LogP contribution < -0.4 is 16.0 Å². The number of rotatable bonds is 5. The van der Waals surface area contributed by atoms with Crippen molar-refractivity contribution in [2.45, 2.75) is 12.5 Å². The van der Waals surface area contributed by atoms with Gasteiger partial charge in [0.1, 0.15) is 11.6 Å². The highest BCUT2D eigenvalue weighted by Crippen LogP contribution is 2.27. The van der Waals surface area contributed by atoms with Crippen molar-refractivity contribution in [3.63, 3.8) is 0 Å². The van der Waals surface area contributed by atoms with E-state index in [1.807, 2.05) is 24.3 Å². The second-order valence-electron chi connectivity index (χ2n) is 4.44. The Labute approximate surface area is 126 Å². The van der Waals surface area contributed by atoms with Crippen molar-refractivity contribution >= 4 is 15.9 Å². The molecule has 0 radical (unpaired) electrons. The van der Waals surface area contributed by atoms with E-state index in [0.29, 0.717) is 6.42 Å². The van der Waals surface area contributed by atoms with E-state index in [-0.39, 0.29) is 11.9 Å². The van der Waals surface area contributed by atoms with Crippen LogP contribution in [0.4, 0.5) is 4.39 Å². The molecule has 0 fully saturated rings. The van der Waals surface area contributed by atoms with Crippen LogP contribution in [-0.4, -0.2) is 7.11 Å². The first-order valence-electron chi connectivity index (χ1n) is 6.18. The van der Waals surface area contributed by atoms with Gasteiger partial charge in [0, 0.05) is 4.47 Å². The fraction of sp³-hybridized carbons (Fsp3) is 0.200. The van der Waals surface area contributed by atoms with Crippen LogP contribution in [0.1, 0.15) is 17.2 Å². The first-order valence-corrected chi connectivity index (χ1v) is 6.97. The maximum absolute atomic E-state index is 13.4. The molecule has 20 heavy (non-hydrogen) atoms. The summed E-state index contributed by atoms with van der Waals surface area (Å²) in [6.07, 6.45) is 0.635. The van der Waals surface area contributed by atoms with Gasteiger partial charge in [0.15, 0.2) is 0 Å². The number of hydrogen-bond donors (Lipinski definition) is 2. The number of ether oxygens (including phenoxy) is 1. The minimum absolute atomic E-state index is 0.188. The fourth-order valence-corrected chi connectivity index (χ4v) is 2.60. The van der Waals surface area contributed by atoms with E-state index in [4.69, 9.17) is 10.6 Å². The van der Waals surface area contributed by atoms with Crippen LogP contribution in [0.2, 0.25) is 0 Å². The van der Waals surface area contributed by atoms with E-state index in [9.17, 15) is 4.39 Å². The van der Waals surface area contributed by atoms with E-state index in [2.05, 4.69) is 21.4 Å². The zero-order chi connectivity index (χ0) is 14.5. The van der Waals surface area contributed by atoms with E-state index in [1.54, 1.807) is 13.2 Å². The number of halogens is 2. The number of benzene rings is 2. The maximum atomic E-state index is 13.4. The molecule has 2 rings (SSSR count). The summed E-state index contributed by atoms with van der Waals surface area (Å²) in [6.45, 7) is 0. The zero-order valence-corrected chi connectivity index (χ0v) is 12.7. The molecule has 2 aromatic carbocycles. The summed E-state index contributed by atoms with van der Waals surface area (Å²) >= 11 is 3.43. The average molecular weight is 339 g/mol. The van der Waals surface area contributed by atoms with Crippen molar-refractivity contribution in [2.24, 2.45) is 5.84 Å². The van der Waals surface area contributed by atoms with E-state index >= 15 is 0 Å². The molecular formula is C15H16BrFN2O. The minimum atomic E-state index is -0.283. The van der Waals surface area contributed by atoms with Crippen LogP contribution in [0.5, 0.6) is 5.75 Å². The van der Waals surface area contributed by atoms with Crippen LogP contribution in [0, 0.1) is 5.82 Å². The molecule has 0 spiro atoms. The molecule has 5 heteroatoms. The molecule has 106 valence electrons. The van der Waals surface area contributed by atoms with Crippen LogP contribution in [0.25, 0.3) is 0 Å². The Morgan fingerprint density at radius 3 is 2.80 bits per heavy atom. The molecular weight excluding hydrogens is 323 g/mol. The largest absolute Gasteiger partial charge is 0.497 e. The Kier molecular flexibility index (Phi) is 5.11. The van der Waals surface area contributed by atoms with Gasteiger partial charge < -0.3 is 4.74 Å². The summed E-state index contributed by atoms with van der Waals surface area (Å²) in [5.74, 6) is 6.12. The van der Waals surface area contributed by atoms with Crippen LogP contribution in [0.15, 0.2) is 46.9 Å². The van der Waals surface area contributed by atoms with Gasteiger partial charge in [-0.25, -0.2) is 4.39 Å². The lowest BCUT2D eigenvalue weighted by molar-refractivity contribution is 0.414. The number of nitrogens with one attached hydrogen (secondary N) is 1. The van der Waals surface area contributed by atoms with Gasteiger partial charge in [-0.05, 0) is 47.9 Å². The summed E-state index contributed by atoms with van der Waals surface area (Å²) in [5, 5.41) is 0. The predicted molar refractivity (Wildman–Crippen MR) is 80.9 cm³/mol. The summed E-state index contributed by atoms with van der Waals surface area (Å²) in [4.78, 5) is 0. The summed E-state index contributed by atoms with van der Waals surface area (Å²) < 4.78 is 19.4. The molecule has 3 nitrogen and oxygen atoms in total. The zero-order valence-electron chi connectivity index (χ0n) is 11.1. The summed E-state index contributed by atoms with van der Waals surface area (Å²) in [5.41, 5.74) is 4.58. The third-order valence-electron chi connectivity index (χ3n) is 3.11. The highest BCUT2D eigenvalue weighted by Gasteiger charge is 2.15. The topological polar surface area (TPSA) is 47.3 Å². The third-order valence-corrected chi connectivity index (χ3v) is 3.83. The highest BCUT2D eigenvalue weighted by atomic mass is 79.9. The second-order valence-corrected chi connectivity index (χ2v) is 5.30. The molecule has 2 aromatic rings. The lowest BCUT2D eigenvalue weighted by Crippen LogP contribution is -2.30. The molecule has 1 atom stereocenters. The minimum Gasteiger partial charge on any atom is -0.497 e. The number of methoxy groups -OCH3 is 1. The SMILES string of the molecule is COc1cccc(CC(NN)c2cc(F)ccc2Br)c1. The molecule has 0 aliphatic rings. The smallest absolute Gasteiger partial charge is 0.123 e. The Morgan fingerprint density at radius 2 is 2.10 bits per heavy atom. The van der Waals surface area contributed by atoms with E-state index in [1.165, 1.54) is 12.1 Å². The first-order chi connectivity index (χ1) is 9.63. The average Bonchev–Trinajstić information content (AvgIpc) is 2.47. The maximum Gasteiger partial charge on any atom is 0.123 e. The molecule has 0 heterocycles. The van der Waals surface area contributed by atoms with E-state index < -0.39 is 0 Å². The van der Waals surface area contributed by atoms with Crippen molar-refractivity contribution in [2.75, 3.05) is 7.11 Å². The van der Waals surface area contributed by atoms with Gasteiger partial charge in [0.2, 0.25) is 0 Å². The Balaban J connectivity index is 2.26. The molecule has 1 unspecified atom stereocenters. The van der Waals surface area contributed by atoms with E-state index in [0.717, 1.165) is 21.3 Å². The van der Waals surface area contributed by atoms with Gasteiger partial charge in [0.25, 0.3) is 0 Å². The molecule has 0 bridgehead atoms. The van der Waals surface area contributed by atoms with Gasteiger partial charge in [-0.2, -0.15) is 0 Å². The van der Waals surface area contributed by atoms with Gasteiger partial charge in [-0.1, -0.05) is 28.1 Å². The highest BCUT2D eigenvalue weighted by molar-refractivity contribution is 9.10. The molecule has 0 saturated carbocycles. The third kappa shape index (κ3) is 3.56. The van der Waals surface area contributed by atoms with Crippen molar-refractivity contribution in [3.05, 3.63) is 63.9 Å². The Bertz CT molecular complexity index is 592. The van der Waals surface area contributed by atoms with Gasteiger partial charge in [-0.15, -0.1) is 0 Å². The van der Waals surface area contributed by atoms with Crippen molar-refractivity contribution < 1.29 is 9.13 Å². The molecule has 0 aliphatic heterocycles. The molecule has 0 amide bonds. The molecule has 0 saturated heterocycles. The number of nitrogens with two attached hydrogens (primary N) is 1. The molecule has 0 aromatic heterocycles. The molecule has 3 N–H and O–H groups in total. The summed E-state index contributed by atoms with van der Waals surface area (Å²) in [7, 11) is 1.63. The quantitative estimate of drug-likeness (QED) is 0.649. The van der Waals surface area contributed by atoms with Crippen LogP contribution in [0.3, 0.4) is 0 Å². The molecule has 0 aliphatic carbocycles. The normalized spacial score (nSPS) is 12.2. The van der Waals surface area contributed by atoms with Gasteiger partial charge in [0.05, 0.1) is 13.2 Å².